The molecule has 0 unspecified atom stereocenters. The van der Waals surface area contributed by atoms with Crippen LogP contribution >= 0.6 is 0 Å². The van der Waals surface area contributed by atoms with Crippen LogP contribution in [0.2, 0.25) is 0 Å². The van der Waals surface area contributed by atoms with Crippen molar-refractivity contribution in [3.8, 4) is 0 Å². The Morgan fingerprint density at radius 3 is 2.70 bits per heavy atom. The monoisotopic (exact) mass is 159 g/mol. The van der Waals surface area contributed by atoms with Crippen molar-refractivity contribution in [3.63, 3.8) is 0 Å². The van der Waals surface area contributed by atoms with Crippen molar-refractivity contribution < 1.29 is 14.3 Å². The molecule has 0 saturated heterocycles. The molecule has 0 aromatic rings. The summed E-state index contributed by atoms with van der Waals surface area (Å²) in [6.45, 7) is 3.26. The van der Waals surface area contributed by atoms with Gasteiger partial charge in [0, 0.05) is 12.4 Å². The summed E-state index contributed by atoms with van der Waals surface area (Å²) in [5.41, 5.74) is 0. The van der Waals surface area contributed by atoms with Crippen LogP contribution in [0.5, 0.6) is 0 Å². The summed E-state index contributed by atoms with van der Waals surface area (Å²) in [4.78, 5) is 20.5. The first-order valence-electron chi connectivity index (χ1n) is 2.39. The second-order valence-corrected chi connectivity index (χ2v) is 1.51. The van der Waals surface area contributed by atoms with E-state index in [-0.39, 0.29) is 6.42 Å². The summed E-state index contributed by atoms with van der Waals surface area (Å²) in [6, 6.07) is 0. The highest BCUT2D eigenvalue weighted by Crippen LogP contribution is 1.89. The fourth-order valence-electron chi connectivity index (χ4n) is 0.276. The lowest BCUT2D eigenvalue weighted by Gasteiger charge is -1.91. The van der Waals surface area contributed by atoms with Crippen LogP contribution in [0.25, 0.3) is 0 Å². The van der Waals surface area contributed by atoms with E-state index in [0.29, 0.717) is 0 Å². The molecule has 1 amide bonds. The average Bonchev–Trinajstić information content (AvgIpc) is 1.88. The molecule has 54 valence electrons. The Hall–Kier alpha value is -1.10. The van der Waals surface area contributed by atoms with Gasteiger partial charge in [0.1, 0.15) is 0 Å². The molecule has 0 aliphatic carbocycles. The molecule has 0 aromatic heterocycles. The summed E-state index contributed by atoms with van der Waals surface area (Å²) >= 11 is 3.95. The predicted octanol–water partition coefficient (Wildman–Crippen LogP) is 0.956. The predicted molar refractivity (Wildman–Crippen MR) is 36.1 cm³/mol. The Balaban J connectivity index is 3.67. The summed E-state index contributed by atoms with van der Waals surface area (Å²) in [5, 5.41) is 0. The number of hydrogen-bond acceptors (Lipinski definition) is 4. The van der Waals surface area contributed by atoms with E-state index in [0.717, 1.165) is 0 Å². The van der Waals surface area contributed by atoms with Crippen molar-refractivity contribution in [1.29, 1.82) is 0 Å². The minimum Gasteiger partial charge on any atom is -0.374 e. The van der Waals surface area contributed by atoms with Gasteiger partial charge in [-0.3, -0.25) is 4.79 Å². The number of rotatable bonds is 2. The SMILES string of the molecule is C=CCC(=O)OC(=O)N=S. The number of ether oxygens (including phenoxy) is 1. The summed E-state index contributed by atoms with van der Waals surface area (Å²) in [6.07, 6.45) is 0.247. The van der Waals surface area contributed by atoms with Gasteiger partial charge in [-0.25, -0.2) is 4.79 Å². The van der Waals surface area contributed by atoms with Crippen LogP contribution in [-0.2, 0) is 22.0 Å². The van der Waals surface area contributed by atoms with Crippen LogP contribution in [0.3, 0.4) is 0 Å². The molecule has 0 bridgehead atoms. The van der Waals surface area contributed by atoms with Gasteiger partial charge >= 0.3 is 12.1 Å². The molecule has 4 nitrogen and oxygen atoms in total. The molecular formula is C5H5NO3S. The fraction of sp³-hybridized carbons (Fsp3) is 0.200. The molecule has 0 rings (SSSR count). The lowest BCUT2D eigenvalue weighted by Crippen LogP contribution is -2.06. The van der Waals surface area contributed by atoms with Crippen LogP contribution in [0.15, 0.2) is 17.0 Å². The number of esters is 1. The molecule has 0 aromatic carbocycles. The Kier molecular flexibility index (Phi) is 4.23. The number of amides is 1. The van der Waals surface area contributed by atoms with Crippen molar-refractivity contribution in [2.24, 2.45) is 4.36 Å². The largest absolute Gasteiger partial charge is 0.452 e. The van der Waals surface area contributed by atoms with Crippen LogP contribution < -0.4 is 0 Å². The van der Waals surface area contributed by atoms with Gasteiger partial charge in [-0.1, -0.05) is 6.08 Å². The molecule has 0 aliphatic heterocycles. The Bertz CT molecular complexity index is 178. The zero-order valence-corrected chi connectivity index (χ0v) is 5.89. The highest BCUT2D eigenvalue weighted by molar-refractivity contribution is 7.47. The average molecular weight is 159 g/mol. The first-order chi connectivity index (χ1) is 4.70. The summed E-state index contributed by atoms with van der Waals surface area (Å²) in [5.74, 6) is -0.700. The Morgan fingerprint density at radius 1 is 1.70 bits per heavy atom. The van der Waals surface area contributed by atoms with Gasteiger partial charge in [0.05, 0.1) is 6.42 Å². The normalized spacial score (nSPS) is 8.00. The number of hydrogen-bond donors (Lipinski definition) is 0. The van der Waals surface area contributed by atoms with Crippen LogP contribution in [0, 0.1) is 0 Å². The molecule has 0 atom stereocenters. The summed E-state index contributed by atoms with van der Waals surface area (Å²) in [7, 11) is 0. The van der Waals surface area contributed by atoms with E-state index >= 15 is 0 Å². The lowest BCUT2D eigenvalue weighted by molar-refractivity contribution is -0.135. The molecule has 0 saturated carbocycles. The molecule has 0 heterocycles. The topological polar surface area (TPSA) is 55.7 Å². The molecule has 0 spiro atoms. The van der Waals surface area contributed by atoms with Gasteiger partial charge in [-0.15, -0.1) is 10.9 Å². The third kappa shape index (κ3) is 3.85. The van der Waals surface area contributed by atoms with Crippen LogP contribution in [-0.4, -0.2) is 12.1 Å². The smallest absolute Gasteiger partial charge is 0.374 e. The zero-order valence-electron chi connectivity index (χ0n) is 5.07. The van der Waals surface area contributed by atoms with Crippen molar-refractivity contribution in [3.05, 3.63) is 12.7 Å². The van der Waals surface area contributed by atoms with Crippen molar-refractivity contribution >= 4 is 24.5 Å². The van der Waals surface area contributed by atoms with E-state index in [1.165, 1.54) is 6.08 Å². The number of carbonyl (C=O) groups excluding carboxylic acids is 2. The molecular weight excluding hydrogens is 154 g/mol. The lowest BCUT2D eigenvalue weighted by atomic mass is 10.4. The maximum Gasteiger partial charge on any atom is 0.452 e. The first kappa shape index (κ1) is 8.90. The fourth-order valence-corrected chi connectivity index (χ4v) is 0.313. The molecule has 0 aliphatic rings. The van der Waals surface area contributed by atoms with E-state index in [1.807, 2.05) is 0 Å². The number of nitrogens with zero attached hydrogens (tertiary/aromatic N) is 1. The molecule has 0 radical (unpaired) electrons. The van der Waals surface area contributed by atoms with Gasteiger partial charge in [-0.2, -0.15) is 0 Å². The van der Waals surface area contributed by atoms with Crippen molar-refractivity contribution in [2.45, 2.75) is 6.42 Å². The van der Waals surface area contributed by atoms with Gasteiger partial charge < -0.3 is 4.74 Å². The van der Waals surface area contributed by atoms with E-state index in [4.69, 9.17) is 0 Å². The van der Waals surface area contributed by atoms with E-state index in [9.17, 15) is 9.59 Å². The molecule has 10 heavy (non-hydrogen) atoms. The standard InChI is InChI=1S/C5H5NO3S/c1-2-3-4(7)9-5(8)6-10/h2H,1,3H2. The van der Waals surface area contributed by atoms with Gasteiger partial charge in [0.25, 0.3) is 0 Å². The maximum atomic E-state index is 10.4. The van der Waals surface area contributed by atoms with Crippen molar-refractivity contribution in [1.82, 2.24) is 0 Å². The maximum absolute atomic E-state index is 10.4. The summed E-state index contributed by atoms with van der Waals surface area (Å²) < 4.78 is 6.70. The van der Waals surface area contributed by atoms with Crippen molar-refractivity contribution in [2.75, 3.05) is 0 Å². The second kappa shape index (κ2) is 4.75. The van der Waals surface area contributed by atoms with E-state index < -0.39 is 12.1 Å². The minimum atomic E-state index is -1.05. The highest BCUT2D eigenvalue weighted by Gasteiger charge is 2.05. The third-order valence-corrected chi connectivity index (χ3v) is 0.736. The second-order valence-electron chi connectivity index (χ2n) is 1.32. The third-order valence-electron chi connectivity index (χ3n) is 0.587. The Morgan fingerprint density at radius 2 is 2.30 bits per heavy atom. The highest BCUT2D eigenvalue weighted by atomic mass is 32.1. The van der Waals surface area contributed by atoms with Crippen LogP contribution in [0.4, 0.5) is 4.79 Å². The van der Waals surface area contributed by atoms with E-state index in [2.05, 4.69) is 28.1 Å². The Labute approximate surface area is 63.0 Å². The number of carbonyl (C=O) groups is 2. The molecule has 0 N–H and O–H groups in total. The minimum absolute atomic E-state index is 0.0173. The van der Waals surface area contributed by atoms with Gasteiger partial charge in [0.15, 0.2) is 0 Å². The molecule has 5 heteroatoms. The quantitative estimate of drug-likeness (QED) is 0.342. The first-order valence-corrected chi connectivity index (χ1v) is 2.76. The van der Waals surface area contributed by atoms with Crippen LogP contribution in [0.1, 0.15) is 6.42 Å². The zero-order chi connectivity index (χ0) is 7.98. The van der Waals surface area contributed by atoms with Gasteiger partial charge in [0.2, 0.25) is 0 Å². The van der Waals surface area contributed by atoms with E-state index in [1.54, 1.807) is 0 Å². The molecule has 0 fully saturated rings. The van der Waals surface area contributed by atoms with Gasteiger partial charge in [-0.05, 0) is 0 Å².